The predicted octanol–water partition coefficient (Wildman–Crippen LogP) is 4.58. The van der Waals surface area contributed by atoms with E-state index in [2.05, 4.69) is 0 Å². The fourth-order valence-corrected chi connectivity index (χ4v) is 2.52. The number of halogens is 4. The second-order valence-corrected chi connectivity index (χ2v) is 5.08. The summed E-state index contributed by atoms with van der Waals surface area (Å²) in [6.45, 7) is 4.04. The normalized spacial score (nSPS) is 11.8. The fourth-order valence-electron chi connectivity index (χ4n) is 2.34. The molecule has 21 heavy (non-hydrogen) atoms. The molecule has 0 fully saturated rings. The number of benzene rings is 1. The average molecular weight is 322 g/mol. The molecule has 0 spiro atoms. The molecule has 1 aromatic carbocycles. The topological polar surface area (TPSA) is 20.3 Å². The average Bonchev–Trinajstić information content (AvgIpc) is 2.46. The number of carbonyl (C=O) groups is 1. The number of rotatable bonds is 6. The van der Waals surface area contributed by atoms with E-state index < -0.39 is 17.6 Å². The van der Waals surface area contributed by atoms with Crippen LogP contribution in [-0.4, -0.2) is 29.3 Å². The van der Waals surface area contributed by atoms with E-state index in [1.807, 2.05) is 13.8 Å². The van der Waals surface area contributed by atoms with E-state index in [1.165, 1.54) is 23.1 Å². The van der Waals surface area contributed by atoms with Gasteiger partial charge in [-0.2, -0.15) is 13.2 Å². The smallest absolute Gasteiger partial charge is 0.334 e. The first-order chi connectivity index (χ1) is 9.86. The van der Waals surface area contributed by atoms with Gasteiger partial charge < -0.3 is 4.90 Å². The number of hydrogen-bond donors (Lipinski definition) is 0. The summed E-state index contributed by atoms with van der Waals surface area (Å²) in [6, 6.07) is 4.75. The maximum Gasteiger partial charge on any atom is 0.417 e. The summed E-state index contributed by atoms with van der Waals surface area (Å²) in [5.74, 6) is -0.423. The van der Waals surface area contributed by atoms with Crippen LogP contribution in [-0.2, 0) is 6.18 Å². The van der Waals surface area contributed by atoms with Gasteiger partial charge in [-0.1, -0.05) is 26.0 Å². The van der Waals surface area contributed by atoms with E-state index >= 15 is 0 Å². The van der Waals surface area contributed by atoms with Crippen LogP contribution in [0.2, 0.25) is 0 Å². The Hall–Kier alpha value is -1.23. The Kier molecular flexibility index (Phi) is 6.52. The number of alkyl halides is 4. The highest BCUT2D eigenvalue weighted by Gasteiger charge is 2.36. The molecule has 0 heterocycles. The van der Waals surface area contributed by atoms with Gasteiger partial charge in [0.05, 0.1) is 11.1 Å². The molecule has 0 radical (unpaired) electrons. The molecule has 0 atom stereocenters. The molecule has 2 nitrogen and oxygen atoms in total. The molecule has 0 aliphatic rings. The largest absolute Gasteiger partial charge is 0.417 e. The Bertz CT molecular complexity index is 472. The van der Waals surface area contributed by atoms with Crippen LogP contribution in [0.25, 0.3) is 0 Å². The third kappa shape index (κ3) is 4.37. The summed E-state index contributed by atoms with van der Waals surface area (Å²) in [5, 5.41) is 0. The monoisotopic (exact) mass is 321 g/mol. The third-order valence-corrected chi connectivity index (χ3v) is 3.60. The van der Waals surface area contributed by atoms with Crippen LogP contribution in [0, 0.1) is 0 Å². The standard InChI is InChI=1S/C15H19ClF3NO/c1-3-11(4-2)20(10-9-16)14(21)12-7-5-6-8-13(12)15(17,18)19/h5-8,11H,3-4,9-10H2,1-2H3. The Balaban J connectivity index is 3.21. The van der Waals surface area contributed by atoms with Crippen molar-refractivity contribution in [3.8, 4) is 0 Å². The maximum atomic E-state index is 13.0. The number of nitrogens with zero attached hydrogens (tertiary/aromatic N) is 1. The minimum Gasteiger partial charge on any atom is -0.334 e. The lowest BCUT2D eigenvalue weighted by molar-refractivity contribution is -0.138. The molecule has 0 saturated carbocycles. The molecular weight excluding hydrogens is 303 g/mol. The lowest BCUT2D eigenvalue weighted by Crippen LogP contribution is -2.41. The van der Waals surface area contributed by atoms with Crippen molar-refractivity contribution in [2.45, 2.75) is 38.9 Å². The molecule has 0 N–H and O–H groups in total. The molecule has 1 amide bonds. The summed E-state index contributed by atoms with van der Waals surface area (Å²) in [7, 11) is 0. The van der Waals surface area contributed by atoms with Gasteiger partial charge in [-0.3, -0.25) is 4.79 Å². The lowest BCUT2D eigenvalue weighted by Gasteiger charge is -2.31. The van der Waals surface area contributed by atoms with Gasteiger partial charge in [0, 0.05) is 18.5 Å². The Labute approximate surface area is 127 Å². The highest BCUT2D eigenvalue weighted by molar-refractivity contribution is 6.18. The molecule has 118 valence electrons. The van der Waals surface area contributed by atoms with Crippen molar-refractivity contribution in [3.05, 3.63) is 35.4 Å². The lowest BCUT2D eigenvalue weighted by atomic mass is 10.0. The van der Waals surface area contributed by atoms with Crippen LogP contribution >= 0.6 is 11.6 Å². The molecular formula is C15H19ClF3NO. The number of amides is 1. The first kappa shape index (κ1) is 17.8. The van der Waals surface area contributed by atoms with Gasteiger partial charge in [0.1, 0.15) is 0 Å². The highest BCUT2D eigenvalue weighted by Crippen LogP contribution is 2.32. The van der Waals surface area contributed by atoms with Crippen molar-refractivity contribution < 1.29 is 18.0 Å². The Morgan fingerprint density at radius 1 is 1.24 bits per heavy atom. The van der Waals surface area contributed by atoms with Crippen molar-refractivity contribution >= 4 is 17.5 Å². The van der Waals surface area contributed by atoms with Crippen molar-refractivity contribution in [2.24, 2.45) is 0 Å². The van der Waals surface area contributed by atoms with Gasteiger partial charge in [0.2, 0.25) is 0 Å². The summed E-state index contributed by atoms with van der Waals surface area (Å²) >= 11 is 5.70. The molecule has 0 aliphatic carbocycles. The molecule has 1 rings (SSSR count). The summed E-state index contributed by atoms with van der Waals surface area (Å²) in [4.78, 5) is 14.0. The second kappa shape index (κ2) is 7.69. The summed E-state index contributed by atoms with van der Waals surface area (Å²) < 4.78 is 39.1. The van der Waals surface area contributed by atoms with Crippen LogP contribution in [0.1, 0.15) is 42.6 Å². The van der Waals surface area contributed by atoms with Crippen molar-refractivity contribution in [3.63, 3.8) is 0 Å². The van der Waals surface area contributed by atoms with Gasteiger partial charge in [0.25, 0.3) is 5.91 Å². The van der Waals surface area contributed by atoms with E-state index in [0.717, 1.165) is 6.07 Å². The molecule has 6 heteroatoms. The van der Waals surface area contributed by atoms with Crippen LogP contribution in [0.15, 0.2) is 24.3 Å². The first-order valence-electron chi connectivity index (χ1n) is 6.89. The highest BCUT2D eigenvalue weighted by atomic mass is 35.5. The van der Waals surface area contributed by atoms with E-state index in [-0.39, 0.29) is 24.0 Å². The molecule has 0 aliphatic heterocycles. The summed E-state index contributed by atoms with van der Waals surface area (Å²) in [5.41, 5.74) is -1.22. The van der Waals surface area contributed by atoms with Crippen LogP contribution < -0.4 is 0 Å². The maximum absolute atomic E-state index is 13.0. The van der Waals surface area contributed by atoms with Gasteiger partial charge in [-0.05, 0) is 25.0 Å². The SMILES string of the molecule is CCC(CC)N(CCCl)C(=O)c1ccccc1C(F)(F)F. The second-order valence-electron chi connectivity index (χ2n) is 4.70. The molecule has 0 bridgehead atoms. The number of carbonyl (C=O) groups excluding carboxylic acids is 1. The van der Waals surface area contributed by atoms with Crippen molar-refractivity contribution in [1.82, 2.24) is 4.90 Å². The van der Waals surface area contributed by atoms with E-state index in [4.69, 9.17) is 11.6 Å². The minimum atomic E-state index is -4.55. The molecule has 0 saturated heterocycles. The van der Waals surface area contributed by atoms with Gasteiger partial charge in [0.15, 0.2) is 0 Å². The Morgan fingerprint density at radius 2 is 1.81 bits per heavy atom. The fraction of sp³-hybridized carbons (Fsp3) is 0.533. The van der Waals surface area contributed by atoms with Gasteiger partial charge >= 0.3 is 6.18 Å². The van der Waals surface area contributed by atoms with E-state index in [0.29, 0.717) is 12.8 Å². The molecule has 0 aromatic heterocycles. The van der Waals surface area contributed by atoms with Crippen molar-refractivity contribution in [2.75, 3.05) is 12.4 Å². The summed E-state index contributed by atoms with van der Waals surface area (Å²) in [6.07, 6.45) is -3.20. The first-order valence-corrected chi connectivity index (χ1v) is 7.43. The molecule has 0 unspecified atom stereocenters. The zero-order chi connectivity index (χ0) is 16.0. The zero-order valence-corrected chi connectivity index (χ0v) is 12.8. The van der Waals surface area contributed by atoms with Gasteiger partial charge in [-0.15, -0.1) is 11.6 Å². The van der Waals surface area contributed by atoms with Crippen LogP contribution in [0.3, 0.4) is 0 Å². The third-order valence-electron chi connectivity index (χ3n) is 3.43. The molecule has 1 aromatic rings. The zero-order valence-electron chi connectivity index (χ0n) is 12.1. The quantitative estimate of drug-likeness (QED) is 0.703. The van der Waals surface area contributed by atoms with Crippen LogP contribution in [0.4, 0.5) is 13.2 Å². The predicted molar refractivity (Wildman–Crippen MR) is 77.6 cm³/mol. The van der Waals surface area contributed by atoms with Gasteiger partial charge in [-0.25, -0.2) is 0 Å². The van der Waals surface area contributed by atoms with Crippen LogP contribution in [0.5, 0.6) is 0 Å². The van der Waals surface area contributed by atoms with E-state index in [1.54, 1.807) is 0 Å². The van der Waals surface area contributed by atoms with E-state index in [9.17, 15) is 18.0 Å². The minimum absolute atomic E-state index is 0.113. The number of hydrogen-bond acceptors (Lipinski definition) is 1. The Morgan fingerprint density at radius 3 is 2.29 bits per heavy atom. The van der Waals surface area contributed by atoms with Crippen molar-refractivity contribution in [1.29, 1.82) is 0 Å².